The van der Waals surface area contributed by atoms with Crippen molar-refractivity contribution in [2.24, 2.45) is 0 Å². The average Bonchev–Trinajstić information content (AvgIpc) is 2.46. The first kappa shape index (κ1) is 15.9. The predicted octanol–water partition coefficient (Wildman–Crippen LogP) is 4.28. The molecule has 2 amide bonds. The van der Waals surface area contributed by atoms with E-state index in [0.717, 1.165) is 6.42 Å². The third-order valence-corrected chi connectivity index (χ3v) is 4.03. The van der Waals surface area contributed by atoms with Crippen LogP contribution in [-0.2, 0) is 6.42 Å². The van der Waals surface area contributed by atoms with Gasteiger partial charge in [0, 0.05) is 12.2 Å². The molecule has 0 spiro atoms. The smallest absolute Gasteiger partial charge is 0.319 e. The molecular formula is C15H14Br2N2O2. The number of hydrogen-bond acceptors (Lipinski definition) is 2. The number of amides is 2. The van der Waals surface area contributed by atoms with Crippen LogP contribution in [0.25, 0.3) is 0 Å². The van der Waals surface area contributed by atoms with Crippen LogP contribution >= 0.6 is 31.9 Å². The van der Waals surface area contributed by atoms with Gasteiger partial charge in [-0.15, -0.1) is 0 Å². The highest BCUT2D eigenvalue weighted by atomic mass is 79.9. The summed E-state index contributed by atoms with van der Waals surface area (Å²) in [4.78, 5) is 11.8. The van der Waals surface area contributed by atoms with Gasteiger partial charge in [0.15, 0.2) is 0 Å². The Hall–Kier alpha value is -1.53. The van der Waals surface area contributed by atoms with Gasteiger partial charge in [0.25, 0.3) is 0 Å². The molecule has 0 saturated carbocycles. The molecule has 6 heteroatoms. The lowest BCUT2D eigenvalue weighted by atomic mass is 10.1. The number of aromatic hydroxyl groups is 1. The molecule has 2 aromatic rings. The van der Waals surface area contributed by atoms with Gasteiger partial charge in [0.1, 0.15) is 5.75 Å². The fourth-order valence-electron chi connectivity index (χ4n) is 1.78. The van der Waals surface area contributed by atoms with E-state index in [-0.39, 0.29) is 11.8 Å². The number of anilines is 1. The lowest BCUT2D eigenvalue weighted by Gasteiger charge is -2.09. The van der Waals surface area contributed by atoms with Crippen LogP contribution in [0.15, 0.2) is 51.4 Å². The van der Waals surface area contributed by atoms with Crippen molar-refractivity contribution in [1.29, 1.82) is 0 Å². The van der Waals surface area contributed by atoms with Crippen LogP contribution in [0.3, 0.4) is 0 Å². The summed E-state index contributed by atoms with van der Waals surface area (Å²) < 4.78 is 1.02. The first-order chi connectivity index (χ1) is 10.1. The number of carbonyl (C=O) groups excluding carboxylic acids is 1. The molecule has 0 aliphatic rings. The van der Waals surface area contributed by atoms with E-state index in [4.69, 9.17) is 0 Å². The van der Waals surface area contributed by atoms with Crippen LogP contribution in [0.4, 0.5) is 10.5 Å². The van der Waals surface area contributed by atoms with Gasteiger partial charge in [-0.1, -0.05) is 30.3 Å². The van der Waals surface area contributed by atoms with Gasteiger partial charge in [0.2, 0.25) is 0 Å². The highest BCUT2D eigenvalue weighted by Gasteiger charge is 2.08. The van der Waals surface area contributed by atoms with Gasteiger partial charge >= 0.3 is 6.03 Å². The molecule has 0 aromatic heterocycles. The Bertz CT molecular complexity index is 610. The summed E-state index contributed by atoms with van der Waals surface area (Å²) in [5, 5.41) is 15.1. The number of phenolic OH excluding ortho intramolecular Hbond substituents is 1. The fourth-order valence-corrected chi connectivity index (χ4v) is 2.96. The van der Waals surface area contributed by atoms with Crippen LogP contribution in [-0.4, -0.2) is 17.7 Å². The minimum atomic E-state index is -0.282. The summed E-state index contributed by atoms with van der Waals surface area (Å²) in [6.07, 6.45) is 0.775. The quantitative estimate of drug-likeness (QED) is 0.655. The Morgan fingerprint density at radius 1 is 1.10 bits per heavy atom. The van der Waals surface area contributed by atoms with Crippen LogP contribution in [0.2, 0.25) is 0 Å². The lowest BCUT2D eigenvalue weighted by molar-refractivity contribution is 0.252. The molecule has 0 bridgehead atoms. The standard InChI is InChI=1S/C15H14Br2N2O2/c16-12-8-11(9-13(17)14(12)20)19-15(21)18-7-6-10-4-2-1-3-5-10/h1-5,8-9,20H,6-7H2,(H2,18,19,21). The number of nitrogens with one attached hydrogen (secondary N) is 2. The summed E-state index contributed by atoms with van der Waals surface area (Å²) in [7, 11) is 0. The van der Waals surface area contributed by atoms with E-state index in [1.54, 1.807) is 12.1 Å². The molecule has 21 heavy (non-hydrogen) atoms. The van der Waals surface area contributed by atoms with Crippen molar-refractivity contribution in [2.75, 3.05) is 11.9 Å². The van der Waals surface area contributed by atoms with E-state index in [1.165, 1.54) is 5.56 Å². The molecule has 0 heterocycles. The van der Waals surface area contributed by atoms with Crippen LogP contribution in [0.5, 0.6) is 5.75 Å². The van der Waals surface area contributed by atoms with Crippen molar-refractivity contribution in [2.45, 2.75) is 6.42 Å². The van der Waals surface area contributed by atoms with Gasteiger partial charge < -0.3 is 15.7 Å². The third-order valence-electron chi connectivity index (χ3n) is 2.82. The fraction of sp³-hybridized carbons (Fsp3) is 0.133. The summed E-state index contributed by atoms with van der Waals surface area (Å²) in [6.45, 7) is 0.552. The van der Waals surface area contributed by atoms with Crippen molar-refractivity contribution >= 4 is 43.6 Å². The molecule has 0 aliphatic carbocycles. The maximum atomic E-state index is 11.8. The molecule has 0 unspecified atom stereocenters. The molecule has 3 N–H and O–H groups in total. The van der Waals surface area contributed by atoms with E-state index in [9.17, 15) is 9.90 Å². The summed E-state index contributed by atoms with van der Waals surface area (Å²) in [5.41, 5.74) is 1.76. The van der Waals surface area contributed by atoms with E-state index >= 15 is 0 Å². The summed E-state index contributed by atoms with van der Waals surface area (Å²) in [5.74, 6) is 0.102. The maximum Gasteiger partial charge on any atom is 0.319 e. The summed E-state index contributed by atoms with van der Waals surface area (Å²) in [6, 6.07) is 12.9. The van der Waals surface area contributed by atoms with Crippen LogP contribution < -0.4 is 10.6 Å². The molecule has 0 fully saturated rings. The molecule has 0 atom stereocenters. The molecular weight excluding hydrogens is 400 g/mol. The third kappa shape index (κ3) is 4.75. The number of benzene rings is 2. The van der Waals surface area contributed by atoms with Gasteiger partial charge in [-0.25, -0.2) is 4.79 Å². The largest absolute Gasteiger partial charge is 0.506 e. The molecule has 2 rings (SSSR count). The first-order valence-electron chi connectivity index (χ1n) is 6.33. The molecule has 4 nitrogen and oxygen atoms in total. The lowest BCUT2D eigenvalue weighted by Crippen LogP contribution is -2.30. The molecule has 0 aliphatic heterocycles. The van der Waals surface area contributed by atoms with Crippen LogP contribution in [0, 0.1) is 0 Å². The van der Waals surface area contributed by atoms with E-state index in [0.29, 0.717) is 21.2 Å². The minimum absolute atomic E-state index is 0.102. The Morgan fingerprint density at radius 3 is 2.33 bits per heavy atom. The van der Waals surface area contributed by atoms with E-state index in [2.05, 4.69) is 42.5 Å². The zero-order chi connectivity index (χ0) is 15.2. The van der Waals surface area contributed by atoms with Crippen molar-refractivity contribution in [3.63, 3.8) is 0 Å². The maximum absolute atomic E-state index is 11.8. The number of halogens is 2. The Labute approximate surface area is 139 Å². The Kier molecular flexibility index (Phi) is 5.64. The van der Waals surface area contributed by atoms with Gasteiger partial charge in [-0.2, -0.15) is 0 Å². The normalized spacial score (nSPS) is 10.2. The number of hydrogen-bond donors (Lipinski definition) is 3. The van der Waals surface area contributed by atoms with Crippen molar-refractivity contribution in [1.82, 2.24) is 5.32 Å². The number of carbonyl (C=O) groups is 1. The Balaban J connectivity index is 1.85. The second-order valence-electron chi connectivity index (χ2n) is 4.40. The zero-order valence-electron chi connectivity index (χ0n) is 11.1. The van der Waals surface area contributed by atoms with E-state index in [1.807, 2.05) is 30.3 Å². The second-order valence-corrected chi connectivity index (χ2v) is 6.11. The number of phenols is 1. The molecule has 110 valence electrons. The molecule has 2 aromatic carbocycles. The van der Waals surface area contributed by atoms with Crippen LogP contribution in [0.1, 0.15) is 5.56 Å². The highest BCUT2D eigenvalue weighted by Crippen LogP contribution is 2.35. The first-order valence-corrected chi connectivity index (χ1v) is 7.91. The molecule has 0 saturated heterocycles. The topological polar surface area (TPSA) is 61.4 Å². The number of urea groups is 1. The van der Waals surface area contributed by atoms with Gasteiger partial charge in [-0.05, 0) is 56.0 Å². The Morgan fingerprint density at radius 2 is 1.71 bits per heavy atom. The SMILES string of the molecule is O=C(NCCc1ccccc1)Nc1cc(Br)c(O)c(Br)c1. The minimum Gasteiger partial charge on any atom is -0.506 e. The predicted molar refractivity (Wildman–Crippen MR) is 90.7 cm³/mol. The van der Waals surface area contributed by atoms with Crippen molar-refractivity contribution in [3.05, 3.63) is 57.0 Å². The van der Waals surface area contributed by atoms with Gasteiger partial charge in [-0.3, -0.25) is 0 Å². The summed E-state index contributed by atoms with van der Waals surface area (Å²) >= 11 is 6.44. The van der Waals surface area contributed by atoms with Crippen molar-refractivity contribution < 1.29 is 9.90 Å². The van der Waals surface area contributed by atoms with Gasteiger partial charge in [0.05, 0.1) is 8.95 Å². The highest BCUT2D eigenvalue weighted by molar-refractivity contribution is 9.11. The van der Waals surface area contributed by atoms with E-state index < -0.39 is 0 Å². The zero-order valence-corrected chi connectivity index (χ0v) is 14.2. The van der Waals surface area contributed by atoms with Crippen molar-refractivity contribution in [3.8, 4) is 5.75 Å². The number of rotatable bonds is 4. The second kappa shape index (κ2) is 7.47. The average molecular weight is 414 g/mol. The monoisotopic (exact) mass is 412 g/mol. The molecule has 0 radical (unpaired) electrons.